The molecule has 1 saturated carbocycles. The van der Waals surface area contributed by atoms with Crippen molar-refractivity contribution in [2.24, 2.45) is 11.7 Å². The van der Waals surface area contributed by atoms with Gasteiger partial charge in [-0.3, -0.25) is 14.5 Å². The number of imide groups is 1. The van der Waals surface area contributed by atoms with Gasteiger partial charge in [0.2, 0.25) is 5.91 Å². The SMILES string of the molecule is CC1CCCCC12NC(=O)N(CC(=O)N[C@@H](C)CN)C2=O. The summed E-state index contributed by atoms with van der Waals surface area (Å²) in [6, 6.07) is -0.648. The summed E-state index contributed by atoms with van der Waals surface area (Å²) in [4.78, 5) is 37.6. The van der Waals surface area contributed by atoms with Crippen molar-refractivity contribution in [2.75, 3.05) is 13.1 Å². The normalized spacial score (nSPS) is 30.4. The minimum absolute atomic E-state index is 0.0960. The van der Waals surface area contributed by atoms with E-state index in [4.69, 9.17) is 5.73 Å². The molecule has 118 valence electrons. The van der Waals surface area contributed by atoms with Gasteiger partial charge in [0.25, 0.3) is 5.91 Å². The Morgan fingerprint density at radius 1 is 1.52 bits per heavy atom. The molecule has 2 rings (SSSR count). The van der Waals surface area contributed by atoms with Crippen LogP contribution >= 0.6 is 0 Å². The van der Waals surface area contributed by atoms with E-state index in [9.17, 15) is 14.4 Å². The number of carbonyl (C=O) groups is 3. The van der Waals surface area contributed by atoms with Crippen LogP contribution < -0.4 is 16.4 Å². The van der Waals surface area contributed by atoms with Crippen molar-refractivity contribution < 1.29 is 14.4 Å². The largest absolute Gasteiger partial charge is 0.351 e. The van der Waals surface area contributed by atoms with Gasteiger partial charge in [-0.1, -0.05) is 19.8 Å². The molecule has 4 N–H and O–H groups in total. The lowest BCUT2D eigenvalue weighted by atomic mass is 9.73. The molecule has 4 amide bonds. The molecule has 1 saturated heterocycles. The number of nitrogens with zero attached hydrogens (tertiary/aromatic N) is 1. The number of carbonyl (C=O) groups excluding carboxylic acids is 3. The molecule has 2 fully saturated rings. The fraction of sp³-hybridized carbons (Fsp3) is 0.786. The third-order valence-corrected chi connectivity index (χ3v) is 4.56. The van der Waals surface area contributed by atoms with Crippen molar-refractivity contribution in [2.45, 2.75) is 51.1 Å². The van der Waals surface area contributed by atoms with Crippen LogP contribution in [0.4, 0.5) is 4.79 Å². The van der Waals surface area contributed by atoms with Crippen LogP contribution in [0.25, 0.3) is 0 Å². The van der Waals surface area contributed by atoms with E-state index < -0.39 is 11.6 Å². The summed E-state index contributed by atoms with van der Waals surface area (Å²) < 4.78 is 0. The standard InChI is InChI=1S/C14H24N4O3/c1-9-5-3-4-6-14(9)12(20)18(13(21)17-14)8-11(19)16-10(2)7-15/h9-10H,3-8,15H2,1-2H3,(H,16,19)(H,17,21)/t9?,10-,14?/m0/s1. The lowest BCUT2D eigenvalue weighted by molar-refractivity contribution is -0.137. The fourth-order valence-corrected chi connectivity index (χ4v) is 3.16. The van der Waals surface area contributed by atoms with E-state index in [-0.39, 0.29) is 30.3 Å². The van der Waals surface area contributed by atoms with Crippen LogP contribution in [0.2, 0.25) is 0 Å². The second kappa shape index (κ2) is 6.01. The van der Waals surface area contributed by atoms with Crippen molar-refractivity contribution in [3.63, 3.8) is 0 Å². The van der Waals surface area contributed by atoms with Gasteiger partial charge >= 0.3 is 6.03 Å². The number of nitrogens with two attached hydrogens (primary N) is 1. The Morgan fingerprint density at radius 3 is 2.86 bits per heavy atom. The van der Waals surface area contributed by atoms with Gasteiger partial charge < -0.3 is 16.4 Å². The zero-order valence-electron chi connectivity index (χ0n) is 12.6. The van der Waals surface area contributed by atoms with E-state index in [1.54, 1.807) is 6.92 Å². The molecule has 0 radical (unpaired) electrons. The molecule has 0 bridgehead atoms. The molecule has 1 aliphatic heterocycles. The lowest BCUT2D eigenvalue weighted by Crippen LogP contribution is -2.54. The topological polar surface area (TPSA) is 105 Å². The van der Waals surface area contributed by atoms with Crippen LogP contribution in [0.3, 0.4) is 0 Å². The molecule has 1 spiro atoms. The molecule has 0 aromatic heterocycles. The van der Waals surface area contributed by atoms with Crippen molar-refractivity contribution in [3.05, 3.63) is 0 Å². The molecular formula is C14H24N4O3. The number of amides is 4. The Morgan fingerprint density at radius 2 is 2.24 bits per heavy atom. The first-order valence-corrected chi connectivity index (χ1v) is 7.54. The number of urea groups is 1. The maximum Gasteiger partial charge on any atom is 0.325 e. The van der Waals surface area contributed by atoms with Crippen LogP contribution in [0.5, 0.6) is 0 Å². The minimum Gasteiger partial charge on any atom is -0.351 e. The smallest absolute Gasteiger partial charge is 0.325 e. The molecule has 1 aliphatic carbocycles. The third-order valence-electron chi connectivity index (χ3n) is 4.56. The summed E-state index contributed by atoms with van der Waals surface area (Å²) in [5.41, 5.74) is 4.63. The van der Waals surface area contributed by atoms with Gasteiger partial charge in [0.1, 0.15) is 12.1 Å². The van der Waals surface area contributed by atoms with Gasteiger partial charge in [-0.25, -0.2) is 4.79 Å². The fourth-order valence-electron chi connectivity index (χ4n) is 3.16. The van der Waals surface area contributed by atoms with E-state index in [1.165, 1.54) is 0 Å². The van der Waals surface area contributed by atoms with Crippen molar-refractivity contribution in [1.82, 2.24) is 15.5 Å². The molecular weight excluding hydrogens is 272 g/mol. The zero-order chi connectivity index (χ0) is 15.6. The average Bonchev–Trinajstić information content (AvgIpc) is 2.67. The molecule has 3 atom stereocenters. The number of hydrogen-bond donors (Lipinski definition) is 3. The second-order valence-corrected chi connectivity index (χ2v) is 6.14. The van der Waals surface area contributed by atoms with Crippen LogP contribution in [-0.4, -0.2) is 47.4 Å². The molecule has 21 heavy (non-hydrogen) atoms. The molecule has 1 heterocycles. The summed E-state index contributed by atoms with van der Waals surface area (Å²) in [6.45, 7) is 3.82. The van der Waals surface area contributed by atoms with Crippen LogP contribution in [0.15, 0.2) is 0 Å². The highest BCUT2D eigenvalue weighted by molar-refractivity contribution is 6.09. The van der Waals surface area contributed by atoms with Crippen LogP contribution in [0, 0.1) is 5.92 Å². The predicted octanol–water partition coefficient (Wildman–Crippen LogP) is -0.0495. The minimum atomic E-state index is -0.810. The molecule has 7 heteroatoms. The quantitative estimate of drug-likeness (QED) is 0.633. The summed E-state index contributed by atoms with van der Waals surface area (Å²) in [5.74, 6) is -0.536. The summed E-state index contributed by atoms with van der Waals surface area (Å²) >= 11 is 0. The zero-order valence-corrected chi connectivity index (χ0v) is 12.6. The third kappa shape index (κ3) is 2.88. The second-order valence-electron chi connectivity index (χ2n) is 6.14. The highest BCUT2D eigenvalue weighted by Gasteiger charge is 2.55. The number of hydrogen-bond acceptors (Lipinski definition) is 4. The van der Waals surface area contributed by atoms with Crippen molar-refractivity contribution >= 4 is 17.8 Å². The van der Waals surface area contributed by atoms with E-state index in [1.807, 2.05) is 6.92 Å². The monoisotopic (exact) mass is 296 g/mol. The van der Waals surface area contributed by atoms with E-state index in [2.05, 4.69) is 10.6 Å². The Bertz CT molecular complexity index is 454. The highest BCUT2D eigenvalue weighted by Crippen LogP contribution is 2.38. The summed E-state index contributed by atoms with van der Waals surface area (Å²) in [6.07, 6.45) is 3.55. The van der Waals surface area contributed by atoms with Crippen LogP contribution in [-0.2, 0) is 9.59 Å². The number of nitrogens with one attached hydrogen (secondary N) is 2. The molecule has 0 aromatic rings. The van der Waals surface area contributed by atoms with Crippen molar-refractivity contribution in [3.8, 4) is 0 Å². The number of rotatable bonds is 4. The van der Waals surface area contributed by atoms with E-state index >= 15 is 0 Å². The van der Waals surface area contributed by atoms with Crippen LogP contribution in [0.1, 0.15) is 39.5 Å². The summed E-state index contributed by atoms with van der Waals surface area (Å²) in [7, 11) is 0. The van der Waals surface area contributed by atoms with Crippen molar-refractivity contribution in [1.29, 1.82) is 0 Å². The lowest BCUT2D eigenvalue weighted by Gasteiger charge is -2.36. The van der Waals surface area contributed by atoms with Gasteiger partial charge in [-0.2, -0.15) is 0 Å². The van der Waals surface area contributed by atoms with Gasteiger partial charge in [0, 0.05) is 12.6 Å². The predicted molar refractivity (Wildman–Crippen MR) is 77.3 cm³/mol. The van der Waals surface area contributed by atoms with Gasteiger partial charge in [-0.05, 0) is 25.7 Å². The highest BCUT2D eigenvalue weighted by atomic mass is 16.2. The Balaban J connectivity index is 2.06. The molecule has 2 unspecified atom stereocenters. The molecule has 7 nitrogen and oxygen atoms in total. The first-order chi connectivity index (χ1) is 9.90. The first-order valence-electron chi connectivity index (χ1n) is 7.54. The Hall–Kier alpha value is -1.63. The Labute approximate surface area is 124 Å². The maximum absolute atomic E-state index is 12.6. The molecule has 0 aromatic carbocycles. The van der Waals surface area contributed by atoms with Gasteiger partial charge in [0.05, 0.1) is 0 Å². The van der Waals surface area contributed by atoms with Gasteiger partial charge in [0.15, 0.2) is 0 Å². The molecule has 2 aliphatic rings. The van der Waals surface area contributed by atoms with E-state index in [0.29, 0.717) is 13.0 Å². The van der Waals surface area contributed by atoms with Gasteiger partial charge in [-0.15, -0.1) is 0 Å². The maximum atomic E-state index is 12.6. The van der Waals surface area contributed by atoms with E-state index in [0.717, 1.165) is 24.2 Å². The summed E-state index contributed by atoms with van der Waals surface area (Å²) in [5, 5.41) is 5.49. The average molecular weight is 296 g/mol. The Kier molecular flexibility index (Phi) is 4.51. The first kappa shape index (κ1) is 15.8.